The van der Waals surface area contributed by atoms with Crippen LogP contribution in [0.3, 0.4) is 0 Å². The van der Waals surface area contributed by atoms with E-state index < -0.39 is 18.0 Å². The summed E-state index contributed by atoms with van der Waals surface area (Å²) in [5.74, 6) is -1.12. The molecular weight excluding hydrogens is 279 g/mol. The van der Waals surface area contributed by atoms with Gasteiger partial charge < -0.3 is 20.2 Å². The Balaban J connectivity index is 2.13. The second kappa shape index (κ2) is 5.11. The van der Waals surface area contributed by atoms with E-state index >= 15 is 0 Å². The molecule has 0 aliphatic heterocycles. The van der Waals surface area contributed by atoms with Crippen LogP contribution in [-0.2, 0) is 0 Å². The number of primary amides is 1. The molecule has 0 saturated heterocycles. The molecule has 0 spiro atoms. The number of nitrogens with two attached hydrogens (primary N) is 1. The van der Waals surface area contributed by atoms with Crippen LogP contribution in [0.25, 0.3) is 0 Å². The van der Waals surface area contributed by atoms with Crippen LogP contribution in [0.1, 0.15) is 10.5 Å². The Morgan fingerprint density at radius 2 is 2.00 bits per heavy atom. The number of ether oxygens (including phenoxy) is 2. The lowest BCUT2D eigenvalue weighted by atomic mass is 10.3. The van der Waals surface area contributed by atoms with Crippen molar-refractivity contribution in [1.82, 2.24) is 9.97 Å². The molecule has 9 heteroatoms. The van der Waals surface area contributed by atoms with Gasteiger partial charge in [0.25, 0.3) is 11.9 Å². The Kier molecular flexibility index (Phi) is 3.51. The maximum atomic E-state index is 12.1. The lowest BCUT2D eigenvalue weighted by Gasteiger charge is -2.09. The molecule has 0 aliphatic carbocycles. The summed E-state index contributed by atoms with van der Waals surface area (Å²) in [6.45, 7) is 0. The van der Waals surface area contributed by atoms with Crippen LogP contribution in [0.15, 0.2) is 30.5 Å². The molecule has 0 radical (unpaired) electrons. The van der Waals surface area contributed by atoms with Crippen LogP contribution in [-0.4, -0.2) is 22.2 Å². The minimum absolute atomic E-state index is 0.0164. The molecule has 1 aromatic heterocycles. The van der Waals surface area contributed by atoms with Gasteiger partial charge in [0.15, 0.2) is 0 Å². The van der Waals surface area contributed by atoms with Crippen molar-refractivity contribution in [1.29, 1.82) is 0 Å². The molecule has 0 bridgehead atoms. The normalized spacial score (nSPS) is 11.2. The Morgan fingerprint density at radius 3 is 2.60 bits per heavy atom. The van der Waals surface area contributed by atoms with E-state index in [1.807, 2.05) is 0 Å². The molecule has 0 saturated carbocycles. The third kappa shape index (κ3) is 3.64. The minimum atomic E-state index is -4.79. The van der Waals surface area contributed by atoms with Gasteiger partial charge in [0.05, 0.1) is 6.20 Å². The molecule has 6 nitrogen and oxygen atoms in total. The van der Waals surface area contributed by atoms with Gasteiger partial charge in [-0.15, -0.1) is 13.2 Å². The molecular formula is C11H8F3N3O3. The first kappa shape index (κ1) is 13.7. The number of rotatable bonds is 4. The summed E-state index contributed by atoms with van der Waals surface area (Å²) in [5.41, 5.74) is 5.02. The highest BCUT2D eigenvalue weighted by molar-refractivity contribution is 5.90. The third-order valence-electron chi connectivity index (χ3n) is 2.07. The van der Waals surface area contributed by atoms with Crippen LogP contribution >= 0.6 is 0 Å². The number of carbonyl (C=O) groups is 1. The van der Waals surface area contributed by atoms with E-state index in [0.29, 0.717) is 0 Å². The summed E-state index contributed by atoms with van der Waals surface area (Å²) in [5, 5.41) is 0. The average molecular weight is 287 g/mol. The number of alkyl halides is 3. The fraction of sp³-hybridized carbons (Fsp3) is 0.0909. The van der Waals surface area contributed by atoms with Crippen LogP contribution in [0.5, 0.6) is 17.5 Å². The van der Waals surface area contributed by atoms with Crippen LogP contribution in [0.2, 0.25) is 0 Å². The Labute approximate surface area is 110 Å². The van der Waals surface area contributed by atoms with Crippen molar-refractivity contribution in [2.75, 3.05) is 0 Å². The first-order valence-corrected chi connectivity index (χ1v) is 5.22. The summed E-state index contributed by atoms with van der Waals surface area (Å²) in [6, 6.07) is 4.78. The van der Waals surface area contributed by atoms with Gasteiger partial charge in [-0.1, -0.05) is 6.07 Å². The van der Waals surface area contributed by atoms with Gasteiger partial charge in [-0.05, 0) is 12.1 Å². The number of hydrogen-bond acceptors (Lipinski definition) is 4. The van der Waals surface area contributed by atoms with Crippen molar-refractivity contribution in [3.8, 4) is 17.5 Å². The molecule has 0 atom stereocenters. The molecule has 2 aromatic rings. The minimum Gasteiger partial charge on any atom is -0.426 e. The van der Waals surface area contributed by atoms with Gasteiger partial charge in [-0.25, -0.2) is 4.98 Å². The zero-order valence-corrected chi connectivity index (χ0v) is 9.77. The van der Waals surface area contributed by atoms with Crippen LogP contribution < -0.4 is 15.2 Å². The predicted octanol–water partition coefficient (Wildman–Crippen LogP) is 2.20. The van der Waals surface area contributed by atoms with E-state index in [9.17, 15) is 18.0 Å². The number of nitrogens with one attached hydrogen (secondary N) is 1. The summed E-state index contributed by atoms with van der Waals surface area (Å²) in [7, 11) is 0. The fourth-order valence-corrected chi connectivity index (χ4v) is 1.33. The quantitative estimate of drug-likeness (QED) is 0.902. The van der Waals surface area contributed by atoms with E-state index in [1.165, 1.54) is 12.1 Å². The number of benzene rings is 1. The van der Waals surface area contributed by atoms with E-state index in [1.54, 1.807) is 0 Å². The third-order valence-corrected chi connectivity index (χ3v) is 2.07. The lowest BCUT2D eigenvalue weighted by molar-refractivity contribution is -0.274. The molecule has 0 unspecified atom stereocenters. The van der Waals surface area contributed by atoms with E-state index in [-0.39, 0.29) is 17.5 Å². The second-order valence-corrected chi connectivity index (χ2v) is 3.59. The van der Waals surface area contributed by atoms with Gasteiger partial charge in [0, 0.05) is 6.07 Å². The number of hydrogen-bond donors (Lipinski definition) is 2. The molecule has 2 rings (SSSR count). The van der Waals surface area contributed by atoms with Gasteiger partial charge in [-0.2, -0.15) is 0 Å². The largest absolute Gasteiger partial charge is 0.573 e. The van der Waals surface area contributed by atoms with Gasteiger partial charge in [0.2, 0.25) is 0 Å². The molecule has 0 fully saturated rings. The van der Waals surface area contributed by atoms with Crippen LogP contribution in [0, 0.1) is 0 Å². The number of H-pyrrole nitrogens is 1. The zero-order valence-electron chi connectivity index (χ0n) is 9.77. The summed E-state index contributed by atoms with van der Waals surface area (Å²) < 4.78 is 45.1. The summed E-state index contributed by atoms with van der Waals surface area (Å²) >= 11 is 0. The predicted molar refractivity (Wildman–Crippen MR) is 60.3 cm³/mol. The van der Waals surface area contributed by atoms with Crippen molar-refractivity contribution in [2.45, 2.75) is 6.36 Å². The monoisotopic (exact) mass is 287 g/mol. The number of carbonyl (C=O) groups excluding carboxylic acids is 1. The van der Waals surface area contributed by atoms with E-state index in [0.717, 1.165) is 18.3 Å². The number of halogens is 3. The molecule has 0 aliphatic rings. The molecule has 3 N–H and O–H groups in total. The zero-order chi connectivity index (χ0) is 14.8. The Morgan fingerprint density at radius 1 is 1.30 bits per heavy atom. The van der Waals surface area contributed by atoms with Crippen molar-refractivity contribution in [3.05, 3.63) is 36.2 Å². The number of aromatic nitrogens is 2. The summed E-state index contributed by atoms with van der Waals surface area (Å²) in [4.78, 5) is 17.0. The smallest absolute Gasteiger partial charge is 0.426 e. The first-order valence-electron chi connectivity index (χ1n) is 5.22. The van der Waals surface area contributed by atoms with Crippen LogP contribution in [0.4, 0.5) is 13.2 Å². The van der Waals surface area contributed by atoms with Crippen molar-refractivity contribution in [2.24, 2.45) is 5.73 Å². The number of amides is 1. The highest BCUT2D eigenvalue weighted by Gasteiger charge is 2.31. The van der Waals surface area contributed by atoms with Crippen molar-refractivity contribution >= 4 is 5.91 Å². The average Bonchev–Trinajstić information content (AvgIpc) is 2.75. The number of imidazole rings is 1. The van der Waals surface area contributed by atoms with Gasteiger partial charge in [0.1, 0.15) is 17.2 Å². The topological polar surface area (TPSA) is 90.2 Å². The first-order chi connectivity index (χ1) is 9.33. The SMILES string of the molecule is NC(=O)c1cnc(Oc2cccc(OC(F)(F)F)c2)[nH]1. The molecule has 106 valence electrons. The highest BCUT2D eigenvalue weighted by atomic mass is 19.4. The Bertz CT molecular complexity index is 625. The maximum Gasteiger partial charge on any atom is 0.573 e. The Hall–Kier alpha value is -2.71. The molecule has 1 aromatic carbocycles. The molecule has 1 amide bonds. The standard InChI is InChI=1S/C11H8F3N3O3/c12-11(13,14)20-7-3-1-2-6(4-7)19-10-16-5-8(17-10)9(15)18/h1-5H,(H2,15,18)(H,16,17). The van der Waals surface area contributed by atoms with Crippen molar-refractivity contribution < 1.29 is 27.4 Å². The van der Waals surface area contributed by atoms with Gasteiger partial charge in [-0.3, -0.25) is 4.79 Å². The van der Waals surface area contributed by atoms with E-state index in [2.05, 4.69) is 14.7 Å². The fourth-order valence-electron chi connectivity index (χ4n) is 1.33. The molecule has 1 heterocycles. The maximum absolute atomic E-state index is 12.1. The number of aromatic amines is 1. The van der Waals surface area contributed by atoms with Gasteiger partial charge >= 0.3 is 6.36 Å². The number of nitrogens with zero attached hydrogens (tertiary/aromatic N) is 1. The molecule has 20 heavy (non-hydrogen) atoms. The van der Waals surface area contributed by atoms with Crippen molar-refractivity contribution in [3.63, 3.8) is 0 Å². The highest BCUT2D eigenvalue weighted by Crippen LogP contribution is 2.27. The second-order valence-electron chi connectivity index (χ2n) is 3.59. The summed E-state index contributed by atoms with van der Waals surface area (Å²) in [6.07, 6.45) is -3.64. The lowest BCUT2D eigenvalue weighted by Crippen LogP contribution is -2.17. The van der Waals surface area contributed by atoms with E-state index in [4.69, 9.17) is 10.5 Å².